The van der Waals surface area contributed by atoms with Crippen molar-refractivity contribution in [2.24, 2.45) is 5.92 Å². The molecule has 0 unspecified atom stereocenters. The number of thiophene rings is 1. The summed E-state index contributed by atoms with van der Waals surface area (Å²) in [5.41, 5.74) is 1.38. The minimum atomic E-state index is -0.894. The average molecular weight is 347 g/mol. The number of likely N-dealkylation sites (tertiary alicyclic amines) is 1. The smallest absolute Gasteiger partial charge is 0.308 e. The van der Waals surface area contributed by atoms with Crippen molar-refractivity contribution in [3.05, 3.63) is 58.0 Å². The summed E-state index contributed by atoms with van der Waals surface area (Å²) in [5.74, 6) is -1.89. The van der Waals surface area contributed by atoms with Crippen LogP contribution in [-0.4, -0.2) is 28.4 Å². The number of benzene rings is 1. The molecule has 1 aromatic heterocycles. The predicted octanol–water partition coefficient (Wildman–Crippen LogP) is 3.49. The fraction of sp³-hybridized carbons (Fsp3) is 0.333. The molecule has 1 saturated heterocycles. The number of carbonyl (C=O) groups is 2. The second-order valence-electron chi connectivity index (χ2n) is 5.91. The number of amides is 1. The highest BCUT2D eigenvalue weighted by atomic mass is 32.1. The molecule has 0 bridgehead atoms. The third-order valence-corrected chi connectivity index (χ3v) is 5.19. The van der Waals surface area contributed by atoms with Crippen LogP contribution < -0.4 is 0 Å². The van der Waals surface area contributed by atoms with E-state index < -0.39 is 17.9 Å². The minimum Gasteiger partial charge on any atom is -0.481 e. The first kappa shape index (κ1) is 16.6. The first-order valence-corrected chi connectivity index (χ1v) is 8.80. The number of piperidine rings is 1. The van der Waals surface area contributed by atoms with E-state index in [2.05, 4.69) is 0 Å². The Morgan fingerprint density at radius 1 is 1.33 bits per heavy atom. The molecule has 0 saturated carbocycles. The van der Waals surface area contributed by atoms with Gasteiger partial charge in [-0.25, -0.2) is 4.39 Å². The summed E-state index contributed by atoms with van der Waals surface area (Å²) < 4.78 is 13.8. The third kappa shape index (κ3) is 3.33. The number of carbonyl (C=O) groups excluding carboxylic acids is 1. The van der Waals surface area contributed by atoms with Crippen molar-refractivity contribution < 1.29 is 19.1 Å². The molecule has 4 nitrogen and oxygen atoms in total. The van der Waals surface area contributed by atoms with Gasteiger partial charge in [-0.15, -0.1) is 0 Å². The fourth-order valence-corrected chi connectivity index (χ4v) is 3.96. The van der Waals surface area contributed by atoms with Crippen molar-refractivity contribution in [2.75, 3.05) is 6.54 Å². The second-order valence-corrected chi connectivity index (χ2v) is 6.69. The molecule has 1 amide bonds. The highest BCUT2D eigenvalue weighted by molar-refractivity contribution is 7.08. The van der Waals surface area contributed by atoms with E-state index in [1.54, 1.807) is 23.1 Å². The molecule has 2 heterocycles. The molecule has 3 rings (SSSR count). The zero-order chi connectivity index (χ0) is 17.1. The maximum atomic E-state index is 13.8. The maximum Gasteiger partial charge on any atom is 0.308 e. The van der Waals surface area contributed by atoms with Gasteiger partial charge in [0.15, 0.2) is 0 Å². The highest BCUT2D eigenvalue weighted by Crippen LogP contribution is 2.37. The molecular weight excluding hydrogens is 329 g/mol. The monoisotopic (exact) mass is 347 g/mol. The molecule has 0 spiro atoms. The van der Waals surface area contributed by atoms with Gasteiger partial charge in [0.2, 0.25) is 5.91 Å². The second kappa shape index (κ2) is 7.13. The lowest BCUT2D eigenvalue weighted by Gasteiger charge is -2.39. The molecule has 24 heavy (non-hydrogen) atoms. The van der Waals surface area contributed by atoms with E-state index in [1.165, 1.54) is 17.4 Å². The van der Waals surface area contributed by atoms with Gasteiger partial charge in [-0.2, -0.15) is 11.3 Å². The lowest BCUT2D eigenvalue weighted by atomic mass is 9.85. The lowest BCUT2D eigenvalue weighted by molar-refractivity contribution is -0.152. The summed E-state index contributed by atoms with van der Waals surface area (Å²) in [6, 6.07) is 7.84. The Bertz CT molecular complexity index is 732. The topological polar surface area (TPSA) is 57.6 Å². The average Bonchev–Trinajstić information content (AvgIpc) is 3.08. The van der Waals surface area contributed by atoms with Gasteiger partial charge in [-0.05, 0) is 46.9 Å². The van der Waals surface area contributed by atoms with Crippen LogP contribution in [0.15, 0.2) is 41.1 Å². The first-order chi connectivity index (χ1) is 11.6. The zero-order valence-corrected chi connectivity index (χ0v) is 13.8. The standard InChI is InChI=1S/C18H18FNO3S/c19-15-4-2-1-3-12(15)7-9-20-16(21)6-5-14(18(22)23)17(20)13-8-10-24-11-13/h1-4,8,10-11,14,17H,5-7,9H2,(H,22,23)/t14-,17+/m0/s1. The summed E-state index contributed by atoms with van der Waals surface area (Å²) in [5, 5.41) is 13.3. The van der Waals surface area contributed by atoms with Gasteiger partial charge in [-0.3, -0.25) is 9.59 Å². The molecular formula is C18H18FNO3S. The molecule has 1 N–H and O–H groups in total. The van der Waals surface area contributed by atoms with Crippen LogP contribution in [0.2, 0.25) is 0 Å². The summed E-state index contributed by atoms with van der Waals surface area (Å²) in [6.45, 7) is 0.310. The largest absolute Gasteiger partial charge is 0.481 e. The van der Waals surface area contributed by atoms with Crippen LogP contribution in [0.4, 0.5) is 4.39 Å². The molecule has 2 atom stereocenters. The van der Waals surface area contributed by atoms with E-state index in [4.69, 9.17) is 0 Å². The van der Waals surface area contributed by atoms with Crippen molar-refractivity contribution >= 4 is 23.2 Å². The van der Waals surface area contributed by atoms with E-state index in [-0.39, 0.29) is 18.1 Å². The minimum absolute atomic E-state index is 0.0694. The predicted molar refractivity (Wildman–Crippen MR) is 89.2 cm³/mol. The molecule has 1 aliphatic rings. The SMILES string of the molecule is O=C(O)[C@H]1CCC(=O)N(CCc2ccccc2F)[C@@H]1c1ccsc1. The molecule has 1 fully saturated rings. The van der Waals surface area contributed by atoms with Crippen LogP contribution in [0.5, 0.6) is 0 Å². The zero-order valence-electron chi connectivity index (χ0n) is 13.0. The summed E-state index contributed by atoms with van der Waals surface area (Å²) in [7, 11) is 0. The highest BCUT2D eigenvalue weighted by Gasteiger charge is 2.40. The van der Waals surface area contributed by atoms with Crippen molar-refractivity contribution in [2.45, 2.75) is 25.3 Å². The summed E-state index contributed by atoms with van der Waals surface area (Å²) in [6.07, 6.45) is 0.922. The summed E-state index contributed by atoms with van der Waals surface area (Å²) >= 11 is 1.48. The lowest BCUT2D eigenvalue weighted by Crippen LogP contribution is -2.46. The third-order valence-electron chi connectivity index (χ3n) is 4.49. The van der Waals surface area contributed by atoms with Gasteiger partial charge in [0.25, 0.3) is 0 Å². The van der Waals surface area contributed by atoms with Gasteiger partial charge in [0.05, 0.1) is 12.0 Å². The van der Waals surface area contributed by atoms with Gasteiger partial charge in [-0.1, -0.05) is 18.2 Å². The molecule has 1 aromatic carbocycles. The Morgan fingerprint density at radius 2 is 2.12 bits per heavy atom. The Balaban J connectivity index is 1.85. The molecule has 0 aliphatic carbocycles. The molecule has 2 aromatic rings. The normalized spacial score (nSPS) is 21.0. The van der Waals surface area contributed by atoms with E-state index in [0.717, 1.165) is 5.56 Å². The Hall–Kier alpha value is -2.21. The number of carboxylic acids is 1. The van der Waals surface area contributed by atoms with E-state index in [1.807, 2.05) is 16.8 Å². The van der Waals surface area contributed by atoms with E-state index >= 15 is 0 Å². The number of rotatable bonds is 5. The van der Waals surface area contributed by atoms with Crippen LogP contribution in [0.25, 0.3) is 0 Å². The molecule has 1 aliphatic heterocycles. The molecule has 6 heteroatoms. The molecule has 0 radical (unpaired) electrons. The van der Waals surface area contributed by atoms with Crippen molar-refractivity contribution in [3.8, 4) is 0 Å². The van der Waals surface area contributed by atoms with Crippen LogP contribution in [0.1, 0.15) is 30.0 Å². The van der Waals surface area contributed by atoms with Crippen molar-refractivity contribution in [1.82, 2.24) is 4.90 Å². The molecule has 126 valence electrons. The number of carboxylic acid groups (broad SMARTS) is 1. The van der Waals surface area contributed by atoms with Gasteiger partial charge >= 0.3 is 5.97 Å². The fourth-order valence-electron chi connectivity index (χ4n) is 3.27. The Labute approximate surface area is 143 Å². The van der Waals surface area contributed by atoms with Gasteiger partial charge in [0.1, 0.15) is 5.82 Å². The quantitative estimate of drug-likeness (QED) is 0.901. The van der Waals surface area contributed by atoms with Gasteiger partial charge < -0.3 is 10.0 Å². The Morgan fingerprint density at radius 3 is 2.79 bits per heavy atom. The van der Waals surface area contributed by atoms with E-state index in [0.29, 0.717) is 24.9 Å². The van der Waals surface area contributed by atoms with Crippen LogP contribution >= 0.6 is 11.3 Å². The van der Waals surface area contributed by atoms with Gasteiger partial charge in [0, 0.05) is 13.0 Å². The number of nitrogens with zero attached hydrogens (tertiary/aromatic N) is 1. The van der Waals surface area contributed by atoms with Crippen LogP contribution in [0, 0.1) is 11.7 Å². The van der Waals surface area contributed by atoms with Crippen molar-refractivity contribution in [1.29, 1.82) is 0 Å². The maximum absolute atomic E-state index is 13.8. The van der Waals surface area contributed by atoms with E-state index in [9.17, 15) is 19.1 Å². The van der Waals surface area contributed by atoms with Crippen LogP contribution in [-0.2, 0) is 16.0 Å². The number of halogens is 1. The Kier molecular flexibility index (Phi) is 4.94. The number of aliphatic carboxylic acids is 1. The first-order valence-electron chi connectivity index (χ1n) is 7.85. The summed E-state index contributed by atoms with van der Waals surface area (Å²) in [4.78, 5) is 25.7. The number of hydrogen-bond acceptors (Lipinski definition) is 3. The van der Waals surface area contributed by atoms with Crippen LogP contribution in [0.3, 0.4) is 0 Å². The number of hydrogen-bond donors (Lipinski definition) is 1. The van der Waals surface area contributed by atoms with Crippen molar-refractivity contribution in [3.63, 3.8) is 0 Å².